The quantitative estimate of drug-likeness (QED) is 0.706. The maximum Gasteiger partial charge on any atom is 0.322 e. The van der Waals surface area contributed by atoms with Crippen LogP contribution in [-0.2, 0) is 0 Å². The van der Waals surface area contributed by atoms with Crippen molar-refractivity contribution in [2.24, 2.45) is 0 Å². The number of rotatable bonds is 4. The van der Waals surface area contributed by atoms with Crippen LogP contribution in [0, 0.1) is 19.7 Å². The van der Waals surface area contributed by atoms with E-state index in [2.05, 4.69) is 15.3 Å². The highest BCUT2D eigenvalue weighted by atomic mass is 35.5. The van der Waals surface area contributed by atoms with Gasteiger partial charge in [-0.3, -0.25) is 4.79 Å². The predicted octanol–water partition coefficient (Wildman–Crippen LogP) is 4.93. The van der Waals surface area contributed by atoms with E-state index >= 15 is 0 Å². The SMILES string of the molecule is Cc1nc(Oc2ccccc2F)nc(C)c1NC(=O)c1ccccc1Cl. The van der Waals surface area contributed by atoms with Crippen LogP contribution in [0.4, 0.5) is 10.1 Å². The van der Waals surface area contributed by atoms with Crippen molar-refractivity contribution in [3.05, 3.63) is 76.3 Å². The molecule has 0 atom stereocenters. The molecule has 1 N–H and O–H groups in total. The number of nitrogens with one attached hydrogen (secondary N) is 1. The van der Waals surface area contributed by atoms with Crippen molar-refractivity contribution in [3.63, 3.8) is 0 Å². The third-order valence-electron chi connectivity index (χ3n) is 3.65. The summed E-state index contributed by atoms with van der Waals surface area (Å²) < 4.78 is 19.1. The average Bonchev–Trinajstić information content (AvgIpc) is 2.60. The number of hydrogen-bond acceptors (Lipinski definition) is 4. The summed E-state index contributed by atoms with van der Waals surface area (Å²) in [5.41, 5.74) is 1.78. The zero-order chi connectivity index (χ0) is 18.7. The van der Waals surface area contributed by atoms with Gasteiger partial charge in [0.2, 0.25) is 0 Å². The van der Waals surface area contributed by atoms with Gasteiger partial charge in [0.25, 0.3) is 5.91 Å². The summed E-state index contributed by atoms with van der Waals surface area (Å²) in [7, 11) is 0. The molecule has 2 aromatic carbocycles. The third-order valence-corrected chi connectivity index (χ3v) is 3.97. The van der Waals surface area contributed by atoms with Crippen molar-refractivity contribution in [3.8, 4) is 11.8 Å². The number of aryl methyl sites for hydroxylation is 2. The van der Waals surface area contributed by atoms with Gasteiger partial charge in [0.1, 0.15) is 0 Å². The number of anilines is 1. The Morgan fingerprint density at radius 1 is 1.04 bits per heavy atom. The Labute approximate surface area is 154 Å². The number of benzene rings is 2. The summed E-state index contributed by atoms with van der Waals surface area (Å²) in [5.74, 6) is -0.852. The number of aromatic nitrogens is 2. The summed E-state index contributed by atoms with van der Waals surface area (Å²) in [6.07, 6.45) is 0. The van der Waals surface area contributed by atoms with E-state index in [1.165, 1.54) is 12.1 Å². The Kier molecular flexibility index (Phi) is 5.14. The third kappa shape index (κ3) is 3.81. The molecule has 1 aromatic heterocycles. The molecule has 0 saturated carbocycles. The van der Waals surface area contributed by atoms with Crippen LogP contribution in [0.3, 0.4) is 0 Å². The van der Waals surface area contributed by atoms with Crippen LogP contribution in [0.15, 0.2) is 48.5 Å². The first kappa shape index (κ1) is 17.8. The van der Waals surface area contributed by atoms with Crippen LogP contribution in [0.2, 0.25) is 5.02 Å². The van der Waals surface area contributed by atoms with Gasteiger partial charge in [0.05, 0.1) is 27.7 Å². The lowest BCUT2D eigenvalue weighted by Crippen LogP contribution is -2.15. The van der Waals surface area contributed by atoms with Gasteiger partial charge in [-0.2, -0.15) is 9.97 Å². The van der Waals surface area contributed by atoms with Crippen LogP contribution in [0.5, 0.6) is 11.8 Å². The second-order valence-electron chi connectivity index (χ2n) is 5.52. The van der Waals surface area contributed by atoms with Crippen molar-refractivity contribution in [1.29, 1.82) is 0 Å². The second-order valence-corrected chi connectivity index (χ2v) is 5.93. The first-order valence-electron chi connectivity index (χ1n) is 7.79. The molecule has 5 nitrogen and oxygen atoms in total. The Bertz CT molecular complexity index is 955. The first-order valence-corrected chi connectivity index (χ1v) is 8.17. The molecule has 0 unspecified atom stereocenters. The van der Waals surface area contributed by atoms with E-state index in [1.54, 1.807) is 50.2 Å². The van der Waals surface area contributed by atoms with Crippen LogP contribution < -0.4 is 10.1 Å². The highest BCUT2D eigenvalue weighted by molar-refractivity contribution is 6.34. The molecule has 1 amide bonds. The van der Waals surface area contributed by atoms with E-state index in [9.17, 15) is 9.18 Å². The van der Waals surface area contributed by atoms with Crippen LogP contribution in [0.1, 0.15) is 21.7 Å². The molecule has 0 aliphatic heterocycles. The van der Waals surface area contributed by atoms with E-state index in [4.69, 9.17) is 16.3 Å². The lowest BCUT2D eigenvalue weighted by Gasteiger charge is -2.13. The van der Waals surface area contributed by atoms with Crippen molar-refractivity contribution in [2.75, 3.05) is 5.32 Å². The van der Waals surface area contributed by atoms with Gasteiger partial charge >= 0.3 is 6.01 Å². The normalized spacial score (nSPS) is 10.5. The molecule has 0 radical (unpaired) electrons. The fourth-order valence-corrected chi connectivity index (χ4v) is 2.59. The number of hydrogen-bond donors (Lipinski definition) is 1. The van der Waals surface area contributed by atoms with Crippen molar-refractivity contribution in [1.82, 2.24) is 9.97 Å². The molecule has 0 fully saturated rings. The predicted molar refractivity (Wildman–Crippen MR) is 97.4 cm³/mol. The van der Waals surface area contributed by atoms with Gasteiger partial charge < -0.3 is 10.1 Å². The standard InChI is InChI=1S/C19H15ClFN3O2/c1-11-17(24-18(25)13-7-3-4-8-14(13)20)12(2)23-19(22-11)26-16-10-6-5-9-15(16)21/h3-10H,1-2H3,(H,24,25). The number of amides is 1. The fourth-order valence-electron chi connectivity index (χ4n) is 2.36. The summed E-state index contributed by atoms with van der Waals surface area (Å²) in [6.45, 7) is 3.40. The fraction of sp³-hybridized carbons (Fsp3) is 0.105. The minimum absolute atomic E-state index is 0.000780. The summed E-state index contributed by atoms with van der Waals surface area (Å²) in [6, 6.07) is 12.7. The lowest BCUT2D eigenvalue weighted by molar-refractivity contribution is 0.102. The summed E-state index contributed by atoms with van der Waals surface area (Å²) in [5, 5.41) is 3.11. The van der Waals surface area contributed by atoms with Gasteiger partial charge in [0, 0.05) is 0 Å². The number of para-hydroxylation sites is 1. The van der Waals surface area contributed by atoms with E-state index in [1.807, 2.05) is 0 Å². The van der Waals surface area contributed by atoms with Gasteiger partial charge in [-0.05, 0) is 38.1 Å². The Morgan fingerprint density at radius 2 is 1.65 bits per heavy atom. The van der Waals surface area contributed by atoms with Crippen LogP contribution in [0.25, 0.3) is 0 Å². The number of ether oxygens (including phenoxy) is 1. The molecule has 7 heteroatoms. The minimum Gasteiger partial charge on any atom is -0.421 e. The lowest BCUT2D eigenvalue weighted by atomic mass is 10.2. The molecular weight excluding hydrogens is 357 g/mol. The monoisotopic (exact) mass is 371 g/mol. The maximum absolute atomic E-state index is 13.7. The largest absolute Gasteiger partial charge is 0.421 e. The highest BCUT2D eigenvalue weighted by Gasteiger charge is 2.16. The van der Waals surface area contributed by atoms with Crippen molar-refractivity contribution in [2.45, 2.75) is 13.8 Å². The molecule has 1 heterocycles. The van der Waals surface area contributed by atoms with Crippen molar-refractivity contribution >= 4 is 23.2 Å². The van der Waals surface area contributed by atoms with Gasteiger partial charge in [-0.25, -0.2) is 4.39 Å². The van der Waals surface area contributed by atoms with E-state index < -0.39 is 5.82 Å². The van der Waals surface area contributed by atoms with E-state index in [0.29, 0.717) is 27.7 Å². The zero-order valence-electron chi connectivity index (χ0n) is 14.1. The van der Waals surface area contributed by atoms with Gasteiger partial charge in [-0.15, -0.1) is 0 Å². The average molecular weight is 372 g/mol. The number of carbonyl (C=O) groups excluding carboxylic acids is 1. The molecule has 0 aliphatic rings. The second kappa shape index (κ2) is 7.49. The topological polar surface area (TPSA) is 64.1 Å². The summed E-state index contributed by atoms with van der Waals surface area (Å²) >= 11 is 6.05. The number of nitrogens with zero attached hydrogens (tertiary/aromatic N) is 2. The molecule has 132 valence electrons. The van der Waals surface area contributed by atoms with Gasteiger partial charge in [0.15, 0.2) is 11.6 Å². The van der Waals surface area contributed by atoms with E-state index in [0.717, 1.165) is 0 Å². The molecule has 0 spiro atoms. The molecule has 3 rings (SSSR count). The zero-order valence-corrected chi connectivity index (χ0v) is 14.8. The van der Waals surface area contributed by atoms with Crippen LogP contribution in [-0.4, -0.2) is 15.9 Å². The molecular formula is C19H15ClFN3O2. The molecule has 3 aromatic rings. The first-order chi connectivity index (χ1) is 12.5. The Balaban J connectivity index is 1.85. The molecule has 0 saturated heterocycles. The highest BCUT2D eigenvalue weighted by Crippen LogP contribution is 2.26. The molecule has 26 heavy (non-hydrogen) atoms. The van der Waals surface area contributed by atoms with Gasteiger partial charge in [-0.1, -0.05) is 35.9 Å². The molecule has 0 bridgehead atoms. The van der Waals surface area contributed by atoms with Crippen LogP contribution >= 0.6 is 11.6 Å². The minimum atomic E-state index is -0.512. The Morgan fingerprint density at radius 3 is 2.31 bits per heavy atom. The molecule has 0 aliphatic carbocycles. The number of halogens is 2. The smallest absolute Gasteiger partial charge is 0.322 e. The maximum atomic E-state index is 13.7. The Hall–Kier alpha value is -2.99. The summed E-state index contributed by atoms with van der Waals surface area (Å²) in [4.78, 5) is 20.8. The number of carbonyl (C=O) groups is 1. The van der Waals surface area contributed by atoms with E-state index in [-0.39, 0.29) is 17.7 Å². The van der Waals surface area contributed by atoms with Crippen molar-refractivity contribution < 1.29 is 13.9 Å².